The van der Waals surface area contributed by atoms with Crippen molar-refractivity contribution in [2.24, 2.45) is 5.73 Å². The number of hydrogen-bond acceptors (Lipinski definition) is 5. The van der Waals surface area contributed by atoms with Crippen LogP contribution in [0.15, 0.2) is 29.2 Å². The molecule has 0 atom stereocenters. The summed E-state index contributed by atoms with van der Waals surface area (Å²) < 4.78 is 3.38. The molecule has 7 heteroatoms. The van der Waals surface area contributed by atoms with Gasteiger partial charge in [-0.15, -0.1) is 5.10 Å². The molecule has 0 unspecified atom stereocenters. The van der Waals surface area contributed by atoms with Crippen molar-refractivity contribution in [3.05, 3.63) is 40.6 Å². The number of pyridine rings is 1. The zero-order valence-electron chi connectivity index (χ0n) is 10.1. The Labute approximate surface area is 104 Å². The number of nitrogens with two attached hydrogens (primary N) is 1. The topological polar surface area (TPSA) is 91.6 Å². The Hall–Kier alpha value is -2.02. The molecule has 96 valence electrons. The normalized spacial score (nSPS) is 10.7. The van der Waals surface area contributed by atoms with Crippen LogP contribution in [0.2, 0.25) is 0 Å². The molecule has 0 spiro atoms. The van der Waals surface area contributed by atoms with E-state index in [1.807, 2.05) is 6.07 Å². The minimum absolute atomic E-state index is 0.0153. The smallest absolute Gasteiger partial charge is 0.250 e. The van der Waals surface area contributed by atoms with Gasteiger partial charge < -0.3 is 10.3 Å². The monoisotopic (exact) mass is 248 g/mol. The van der Waals surface area contributed by atoms with E-state index in [-0.39, 0.29) is 5.56 Å². The van der Waals surface area contributed by atoms with Gasteiger partial charge in [-0.25, -0.2) is 4.68 Å². The predicted octanol–water partition coefficient (Wildman–Crippen LogP) is -0.574. The van der Waals surface area contributed by atoms with E-state index in [4.69, 9.17) is 5.73 Å². The van der Waals surface area contributed by atoms with Gasteiger partial charge in [0.15, 0.2) is 5.82 Å². The average Bonchev–Trinajstić information content (AvgIpc) is 2.83. The van der Waals surface area contributed by atoms with Crippen LogP contribution >= 0.6 is 0 Å². The highest BCUT2D eigenvalue weighted by atomic mass is 16.1. The third-order valence-electron chi connectivity index (χ3n) is 2.66. The van der Waals surface area contributed by atoms with Crippen molar-refractivity contribution < 1.29 is 0 Å². The summed E-state index contributed by atoms with van der Waals surface area (Å²) in [6.45, 7) is 1.89. The van der Waals surface area contributed by atoms with Crippen LogP contribution in [-0.2, 0) is 19.5 Å². The molecule has 0 aromatic carbocycles. The Bertz CT molecular complexity index is 546. The SMILES string of the molecule is NCCCn1nnnc1CCn1ccccc1=O. The van der Waals surface area contributed by atoms with Gasteiger partial charge in [-0.3, -0.25) is 4.79 Å². The van der Waals surface area contributed by atoms with Gasteiger partial charge in [-0.05, 0) is 29.5 Å². The molecule has 2 aromatic heterocycles. The summed E-state index contributed by atoms with van der Waals surface area (Å²) in [6.07, 6.45) is 3.22. The van der Waals surface area contributed by atoms with Crippen molar-refractivity contribution in [3.63, 3.8) is 0 Å². The second-order valence-corrected chi connectivity index (χ2v) is 3.94. The Morgan fingerprint density at radius 1 is 1.28 bits per heavy atom. The molecular formula is C11H16N6O. The Morgan fingerprint density at radius 2 is 2.17 bits per heavy atom. The van der Waals surface area contributed by atoms with Gasteiger partial charge in [0.05, 0.1) is 0 Å². The van der Waals surface area contributed by atoms with Crippen LogP contribution in [0, 0.1) is 0 Å². The van der Waals surface area contributed by atoms with E-state index in [2.05, 4.69) is 15.5 Å². The molecule has 2 rings (SSSR count). The number of tetrazole rings is 1. The molecule has 7 nitrogen and oxygen atoms in total. The second-order valence-electron chi connectivity index (χ2n) is 3.94. The van der Waals surface area contributed by atoms with Crippen LogP contribution in [-0.4, -0.2) is 31.3 Å². The first-order valence-electron chi connectivity index (χ1n) is 5.92. The summed E-state index contributed by atoms with van der Waals surface area (Å²) in [6, 6.07) is 5.10. The van der Waals surface area contributed by atoms with Crippen LogP contribution in [0.1, 0.15) is 12.2 Å². The molecule has 0 aliphatic rings. The van der Waals surface area contributed by atoms with Gasteiger partial charge in [0.2, 0.25) is 0 Å². The zero-order valence-corrected chi connectivity index (χ0v) is 10.1. The molecular weight excluding hydrogens is 232 g/mol. The van der Waals surface area contributed by atoms with Gasteiger partial charge in [0, 0.05) is 31.8 Å². The third-order valence-corrected chi connectivity index (χ3v) is 2.66. The largest absolute Gasteiger partial charge is 0.330 e. The number of aromatic nitrogens is 5. The number of nitrogens with zero attached hydrogens (tertiary/aromatic N) is 5. The first-order chi connectivity index (χ1) is 8.81. The molecule has 2 aromatic rings. The first kappa shape index (κ1) is 12.4. The van der Waals surface area contributed by atoms with Gasteiger partial charge in [-0.2, -0.15) is 0 Å². The first-order valence-corrected chi connectivity index (χ1v) is 5.92. The van der Waals surface area contributed by atoms with Crippen molar-refractivity contribution in [1.82, 2.24) is 24.8 Å². The van der Waals surface area contributed by atoms with Gasteiger partial charge in [-0.1, -0.05) is 6.07 Å². The molecule has 0 aliphatic heterocycles. The molecule has 0 radical (unpaired) electrons. The van der Waals surface area contributed by atoms with Crippen LogP contribution in [0.5, 0.6) is 0 Å². The molecule has 18 heavy (non-hydrogen) atoms. The standard InChI is InChI=1S/C11H16N6O/c12-6-3-8-17-10(13-14-15-17)5-9-16-7-2-1-4-11(16)18/h1-2,4,7H,3,5-6,8-9,12H2. The summed E-state index contributed by atoms with van der Waals surface area (Å²) in [5.74, 6) is 0.777. The van der Waals surface area contributed by atoms with E-state index in [0.717, 1.165) is 12.2 Å². The van der Waals surface area contributed by atoms with Gasteiger partial charge in [0.25, 0.3) is 5.56 Å². The van der Waals surface area contributed by atoms with Crippen molar-refractivity contribution in [3.8, 4) is 0 Å². The van der Waals surface area contributed by atoms with Crippen molar-refractivity contribution in [2.45, 2.75) is 25.9 Å². The van der Waals surface area contributed by atoms with Gasteiger partial charge in [0.1, 0.15) is 0 Å². The van der Waals surface area contributed by atoms with Crippen LogP contribution in [0.25, 0.3) is 0 Å². The molecule has 2 heterocycles. The van der Waals surface area contributed by atoms with E-state index in [1.54, 1.807) is 21.5 Å². The van der Waals surface area contributed by atoms with E-state index in [9.17, 15) is 4.79 Å². The molecule has 0 amide bonds. The molecule has 2 N–H and O–H groups in total. The lowest BCUT2D eigenvalue weighted by Gasteiger charge is -2.05. The number of aryl methyl sites for hydroxylation is 3. The van der Waals surface area contributed by atoms with E-state index in [1.165, 1.54) is 6.07 Å². The van der Waals surface area contributed by atoms with E-state index >= 15 is 0 Å². The highest BCUT2D eigenvalue weighted by molar-refractivity contribution is 4.94. The summed E-state index contributed by atoms with van der Waals surface area (Å²) in [5.41, 5.74) is 5.44. The predicted molar refractivity (Wildman–Crippen MR) is 65.9 cm³/mol. The maximum atomic E-state index is 11.5. The molecule has 0 bridgehead atoms. The highest BCUT2D eigenvalue weighted by Gasteiger charge is 2.05. The Kier molecular flexibility index (Phi) is 4.19. The summed E-state index contributed by atoms with van der Waals surface area (Å²) in [4.78, 5) is 11.5. The fraction of sp³-hybridized carbons (Fsp3) is 0.455. The van der Waals surface area contributed by atoms with E-state index < -0.39 is 0 Å². The minimum atomic E-state index is -0.0153. The molecule has 0 aliphatic carbocycles. The Balaban J connectivity index is 2.00. The van der Waals surface area contributed by atoms with Crippen molar-refractivity contribution >= 4 is 0 Å². The Morgan fingerprint density at radius 3 is 2.94 bits per heavy atom. The fourth-order valence-corrected chi connectivity index (χ4v) is 1.68. The lowest BCUT2D eigenvalue weighted by atomic mass is 10.3. The summed E-state index contributed by atoms with van der Waals surface area (Å²) in [7, 11) is 0. The maximum Gasteiger partial charge on any atom is 0.250 e. The lowest BCUT2D eigenvalue weighted by Crippen LogP contribution is -2.20. The lowest BCUT2D eigenvalue weighted by molar-refractivity contribution is 0.527. The van der Waals surface area contributed by atoms with Crippen LogP contribution in [0.3, 0.4) is 0 Å². The molecule has 0 fully saturated rings. The van der Waals surface area contributed by atoms with E-state index in [0.29, 0.717) is 26.1 Å². The minimum Gasteiger partial charge on any atom is -0.330 e. The van der Waals surface area contributed by atoms with Crippen LogP contribution < -0.4 is 11.3 Å². The molecule has 0 saturated heterocycles. The average molecular weight is 248 g/mol. The summed E-state index contributed by atoms with van der Waals surface area (Å²) >= 11 is 0. The highest BCUT2D eigenvalue weighted by Crippen LogP contribution is 1.97. The van der Waals surface area contributed by atoms with Crippen molar-refractivity contribution in [1.29, 1.82) is 0 Å². The zero-order chi connectivity index (χ0) is 12.8. The maximum absolute atomic E-state index is 11.5. The second kappa shape index (κ2) is 6.06. The van der Waals surface area contributed by atoms with Gasteiger partial charge >= 0.3 is 0 Å². The van der Waals surface area contributed by atoms with Crippen molar-refractivity contribution in [2.75, 3.05) is 6.54 Å². The quantitative estimate of drug-likeness (QED) is 0.739. The fourth-order valence-electron chi connectivity index (χ4n) is 1.68. The molecule has 0 saturated carbocycles. The number of hydrogen-bond donors (Lipinski definition) is 1. The third kappa shape index (κ3) is 3.01. The van der Waals surface area contributed by atoms with Crippen LogP contribution in [0.4, 0.5) is 0 Å². The number of rotatable bonds is 6. The summed E-state index contributed by atoms with van der Waals surface area (Å²) in [5, 5.41) is 11.5.